The molecule has 4 heterocycles. The van der Waals surface area contributed by atoms with Gasteiger partial charge in [0, 0.05) is 6.54 Å². The van der Waals surface area contributed by atoms with E-state index in [9.17, 15) is 13.2 Å². The summed E-state index contributed by atoms with van der Waals surface area (Å²) in [5.41, 5.74) is 3.41. The molecule has 0 radical (unpaired) electrons. The SMILES string of the molecule is Cc1nn([C@H]2CCS(=O)(=O)C2)c2nc(-c3cccs3)cc(C(=O)NCc3ccccc3)c12. The van der Waals surface area contributed by atoms with Crippen molar-refractivity contribution in [2.45, 2.75) is 25.9 Å². The lowest BCUT2D eigenvalue weighted by Crippen LogP contribution is -2.23. The molecule has 0 aliphatic carbocycles. The Morgan fingerprint density at radius 3 is 2.72 bits per heavy atom. The highest BCUT2D eigenvalue weighted by atomic mass is 32.2. The summed E-state index contributed by atoms with van der Waals surface area (Å²) in [6.45, 7) is 2.24. The first kappa shape index (κ1) is 20.8. The van der Waals surface area contributed by atoms with Gasteiger partial charge in [-0.25, -0.2) is 18.1 Å². The molecule has 3 aromatic heterocycles. The number of carbonyl (C=O) groups is 1. The summed E-state index contributed by atoms with van der Waals surface area (Å²) < 4.78 is 25.9. The smallest absolute Gasteiger partial charge is 0.252 e. The van der Waals surface area contributed by atoms with Crippen molar-refractivity contribution in [1.29, 1.82) is 0 Å². The van der Waals surface area contributed by atoms with Gasteiger partial charge in [0.2, 0.25) is 0 Å². The van der Waals surface area contributed by atoms with Crippen LogP contribution in [0.3, 0.4) is 0 Å². The molecule has 5 rings (SSSR count). The van der Waals surface area contributed by atoms with Gasteiger partial charge in [-0.3, -0.25) is 4.79 Å². The number of fused-ring (bicyclic) bond motifs is 1. The fourth-order valence-corrected chi connectivity index (χ4v) is 6.52. The van der Waals surface area contributed by atoms with Crippen LogP contribution in [-0.2, 0) is 16.4 Å². The Kier molecular flexibility index (Phi) is 5.30. The van der Waals surface area contributed by atoms with Crippen molar-refractivity contribution in [3.8, 4) is 10.6 Å². The summed E-state index contributed by atoms with van der Waals surface area (Å²) in [7, 11) is -3.09. The van der Waals surface area contributed by atoms with Crippen molar-refractivity contribution in [3.05, 3.63) is 70.7 Å². The van der Waals surface area contributed by atoms with E-state index >= 15 is 0 Å². The number of hydrogen-bond donors (Lipinski definition) is 1. The van der Waals surface area contributed by atoms with Crippen molar-refractivity contribution in [3.63, 3.8) is 0 Å². The predicted molar refractivity (Wildman–Crippen MR) is 125 cm³/mol. The molecule has 1 aliphatic rings. The first-order valence-electron chi connectivity index (χ1n) is 10.4. The number of carbonyl (C=O) groups excluding carboxylic acids is 1. The van der Waals surface area contributed by atoms with Crippen molar-refractivity contribution >= 4 is 38.1 Å². The van der Waals surface area contributed by atoms with Gasteiger partial charge in [-0.1, -0.05) is 36.4 Å². The average molecular weight is 467 g/mol. The largest absolute Gasteiger partial charge is 0.348 e. The Morgan fingerprint density at radius 2 is 2.03 bits per heavy atom. The van der Waals surface area contributed by atoms with Gasteiger partial charge in [0.05, 0.1) is 44.8 Å². The summed E-state index contributed by atoms with van der Waals surface area (Å²) in [6, 6.07) is 15.2. The molecule has 164 valence electrons. The molecular weight excluding hydrogens is 444 g/mol. The van der Waals surface area contributed by atoms with Gasteiger partial charge in [-0.05, 0) is 36.4 Å². The second kappa shape index (κ2) is 8.14. The standard InChI is InChI=1S/C23H22N4O3S2/c1-15-21-18(23(28)24-13-16-6-3-2-4-7-16)12-19(20-8-5-10-31-20)25-22(21)27(26-15)17-9-11-32(29,30)14-17/h2-8,10,12,17H,9,11,13-14H2,1H3,(H,24,28)/t17-/m0/s1. The molecule has 9 heteroatoms. The monoisotopic (exact) mass is 466 g/mol. The highest BCUT2D eigenvalue weighted by Gasteiger charge is 2.32. The van der Waals surface area contributed by atoms with Crippen molar-refractivity contribution < 1.29 is 13.2 Å². The van der Waals surface area contributed by atoms with Crippen LogP contribution in [0.4, 0.5) is 0 Å². The van der Waals surface area contributed by atoms with E-state index in [1.807, 2.05) is 54.8 Å². The van der Waals surface area contributed by atoms with E-state index in [0.29, 0.717) is 41.0 Å². The Morgan fingerprint density at radius 1 is 1.22 bits per heavy atom. The number of amides is 1. The fraction of sp³-hybridized carbons (Fsp3) is 0.261. The lowest BCUT2D eigenvalue weighted by Gasteiger charge is -2.12. The molecule has 0 bridgehead atoms. The van der Waals surface area contributed by atoms with Gasteiger partial charge < -0.3 is 5.32 Å². The highest BCUT2D eigenvalue weighted by Crippen LogP contribution is 2.33. The summed E-state index contributed by atoms with van der Waals surface area (Å²) in [5.74, 6) is -0.0164. The number of nitrogens with zero attached hydrogens (tertiary/aromatic N) is 3. The van der Waals surface area contributed by atoms with Gasteiger partial charge in [0.25, 0.3) is 5.91 Å². The average Bonchev–Trinajstić information content (AvgIpc) is 3.51. The number of thiophene rings is 1. The van der Waals surface area contributed by atoms with Crippen LogP contribution in [0.15, 0.2) is 53.9 Å². The number of pyridine rings is 1. The van der Waals surface area contributed by atoms with Crippen LogP contribution in [-0.4, -0.2) is 40.6 Å². The van der Waals surface area contributed by atoms with Crippen LogP contribution in [0.25, 0.3) is 21.6 Å². The third-order valence-corrected chi connectivity index (χ3v) is 8.35. The number of nitrogens with one attached hydrogen (secondary N) is 1. The van der Waals surface area contributed by atoms with Crippen LogP contribution < -0.4 is 5.32 Å². The van der Waals surface area contributed by atoms with Crippen molar-refractivity contribution in [2.24, 2.45) is 0 Å². The molecular formula is C23H22N4O3S2. The first-order valence-corrected chi connectivity index (χ1v) is 13.1. The van der Waals surface area contributed by atoms with Gasteiger partial charge >= 0.3 is 0 Å². The number of sulfone groups is 1. The predicted octanol–water partition coefficient (Wildman–Crippen LogP) is 3.76. The maximum absolute atomic E-state index is 13.3. The Hall–Kier alpha value is -3.04. The topological polar surface area (TPSA) is 93.9 Å². The quantitative estimate of drug-likeness (QED) is 0.483. The molecule has 32 heavy (non-hydrogen) atoms. The molecule has 0 spiro atoms. The summed E-state index contributed by atoms with van der Waals surface area (Å²) >= 11 is 1.54. The number of benzene rings is 1. The zero-order valence-corrected chi connectivity index (χ0v) is 19.1. The van der Waals surface area contributed by atoms with Crippen LogP contribution in [0.2, 0.25) is 0 Å². The van der Waals surface area contributed by atoms with E-state index in [-0.39, 0.29) is 23.5 Å². The summed E-state index contributed by atoms with van der Waals surface area (Å²) in [5, 5.41) is 10.3. The number of aromatic nitrogens is 3. The summed E-state index contributed by atoms with van der Waals surface area (Å²) in [4.78, 5) is 19.0. The first-order chi connectivity index (χ1) is 15.4. The van der Waals surface area contributed by atoms with Crippen molar-refractivity contribution in [1.82, 2.24) is 20.1 Å². The van der Waals surface area contributed by atoms with Gasteiger partial charge in [-0.2, -0.15) is 5.10 Å². The molecule has 7 nitrogen and oxygen atoms in total. The Bertz CT molecular complexity index is 1390. The van der Waals surface area contributed by atoms with E-state index in [1.54, 1.807) is 22.1 Å². The minimum absolute atomic E-state index is 0.0453. The third kappa shape index (κ3) is 3.93. The van der Waals surface area contributed by atoms with Crippen LogP contribution in [0.5, 0.6) is 0 Å². The highest BCUT2D eigenvalue weighted by molar-refractivity contribution is 7.91. The molecule has 1 fully saturated rings. The summed E-state index contributed by atoms with van der Waals surface area (Å²) in [6.07, 6.45) is 0.499. The lowest BCUT2D eigenvalue weighted by molar-refractivity contribution is 0.0952. The maximum Gasteiger partial charge on any atom is 0.252 e. The van der Waals surface area contributed by atoms with Crippen LogP contribution >= 0.6 is 11.3 Å². The van der Waals surface area contributed by atoms with Gasteiger partial charge in [-0.15, -0.1) is 11.3 Å². The molecule has 1 N–H and O–H groups in total. The maximum atomic E-state index is 13.3. The third-order valence-electron chi connectivity index (χ3n) is 5.71. The van der Waals surface area contributed by atoms with Crippen molar-refractivity contribution in [2.75, 3.05) is 11.5 Å². The Balaban J connectivity index is 1.60. The normalized spacial score (nSPS) is 17.6. The Labute approximate surface area is 190 Å². The molecule has 1 atom stereocenters. The second-order valence-corrected chi connectivity index (χ2v) is 11.2. The van der Waals surface area contributed by atoms with Crippen LogP contribution in [0, 0.1) is 6.92 Å². The van der Waals surface area contributed by atoms with Gasteiger partial charge in [0.1, 0.15) is 0 Å². The molecule has 0 unspecified atom stereocenters. The van der Waals surface area contributed by atoms with E-state index < -0.39 is 9.84 Å². The van der Waals surface area contributed by atoms with E-state index in [1.165, 1.54) is 0 Å². The minimum atomic E-state index is -3.09. The zero-order valence-electron chi connectivity index (χ0n) is 17.5. The minimum Gasteiger partial charge on any atom is -0.348 e. The van der Waals surface area contributed by atoms with E-state index in [0.717, 1.165) is 10.4 Å². The number of rotatable bonds is 5. The molecule has 1 aromatic carbocycles. The molecule has 1 saturated heterocycles. The van der Waals surface area contributed by atoms with Gasteiger partial charge in [0.15, 0.2) is 15.5 Å². The van der Waals surface area contributed by atoms with E-state index in [4.69, 9.17) is 4.98 Å². The molecule has 0 saturated carbocycles. The molecule has 1 amide bonds. The number of hydrogen-bond acceptors (Lipinski definition) is 6. The van der Waals surface area contributed by atoms with E-state index in [2.05, 4.69) is 10.4 Å². The molecule has 1 aliphatic heterocycles. The zero-order chi connectivity index (χ0) is 22.3. The lowest BCUT2D eigenvalue weighted by atomic mass is 10.1. The number of aryl methyl sites for hydroxylation is 1. The molecule has 4 aromatic rings. The fourth-order valence-electron chi connectivity index (χ4n) is 4.14. The second-order valence-electron chi connectivity index (χ2n) is 7.99. The van der Waals surface area contributed by atoms with Crippen LogP contribution in [0.1, 0.15) is 34.1 Å².